The number of hydrogen-bond donors (Lipinski definition) is 0. The largest absolute Gasteiger partial charge is 0.744 e. The Morgan fingerprint density at radius 3 is 2.27 bits per heavy atom. The number of halogens is 5. The summed E-state index contributed by atoms with van der Waals surface area (Å²) in [6.07, 6.45) is -7.82. The maximum Gasteiger partial charge on any atom is 0.453 e. The fourth-order valence-electron chi connectivity index (χ4n) is 1.68. The van der Waals surface area contributed by atoms with E-state index in [0.717, 1.165) is 6.07 Å². The zero-order valence-corrected chi connectivity index (χ0v) is 12.1. The molecule has 0 fully saturated rings. The van der Waals surface area contributed by atoms with E-state index < -0.39 is 46.6 Å². The van der Waals surface area contributed by atoms with E-state index in [9.17, 15) is 34.9 Å². The molecular formula is C12H12F5O4S-. The summed E-state index contributed by atoms with van der Waals surface area (Å²) in [6, 6.07) is 3.82. The molecule has 0 aliphatic carbocycles. The van der Waals surface area contributed by atoms with Crippen LogP contribution in [0.15, 0.2) is 23.1 Å². The molecule has 10 heteroatoms. The zero-order chi connectivity index (χ0) is 17.2. The van der Waals surface area contributed by atoms with E-state index in [-0.39, 0.29) is 11.3 Å². The summed E-state index contributed by atoms with van der Waals surface area (Å²) in [5.41, 5.74) is 0.0909. The van der Waals surface area contributed by atoms with Gasteiger partial charge in [0.2, 0.25) is 0 Å². The Bertz CT molecular complexity index is 625. The molecule has 0 aliphatic heterocycles. The molecule has 0 saturated heterocycles. The van der Waals surface area contributed by atoms with Crippen molar-refractivity contribution in [2.45, 2.75) is 36.8 Å². The van der Waals surface area contributed by atoms with E-state index in [1.165, 1.54) is 19.1 Å². The van der Waals surface area contributed by atoms with E-state index in [0.29, 0.717) is 0 Å². The minimum atomic E-state index is -5.65. The van der Waals surface area contributed by atoms with Gasteiger partial charge in [0, 0.05) is 6.42 Å². The first-order chi connectivity index (χ1) is 9.86. The second-order valence-corrected chi connectivity index (χ2v) is 5.83. The Hall–Kier alpha value is -1.42. The molecule has 22 heavy (non-hydrogen) atoms. The first-order valence-electron chi connectivity index (χ1n) is 5.99. The molecule has 0 atom stereocenters. The van der Waals surface area contributed by atoms with Gasteiger partial charge in [-0.1, -0.05) is 12.1 Å². The van der Waals surface area contributed by atoms with Crippen molar-refractivity contribution in [3.63, 3.8) is 0 Å². The van der Waals surface area contributed by atoms with Crippen LogP contribution in [0.5, 0.6) is 5.75 Å². The van der Waals surface area contributed by atoms with Crippen LogP contribution in [0.1, 0.15) is 18.4 Å². The van der Waals surface area contributed by atoms with Crippen LogP contribution in [0.2, 0.25) is 0 Å². The normalized spacial score (nSPS) is 13.2. The summed E-state index contributed by atoms with van der Waals surface area (Å²) >= 11 is 0. The van der Waals surface area contributed by atoms with Gasteiger partial charge >= 0.3 is 12.1 Å². The van der Waals surface area contributed by atoms with Gasteiger partial charge in [-0.3, -0.25) is 0 Å². The van der Waals surface area contributed by atoms with Crippen LogP contribution < -0.4 is 4.74 Å². The van der Waals surface area contributed by atoms with Gasteiger partial charge in [-0.2, -0.15) is 22.0 Å². The van der Waals surface area contributed by atoms with Gasteiger partial charge in [-0.25, -0.2) is 8.42 Å². The minimum absolute atomic E-state index is 0.0909. The average molecular weight is 347 g/mol. The van der Waals surface area contributed by atoms with Gasteiger partial charge in [0.05, 0.1) is 11.5 Å². The van der Waals surface area contributed by atoms with Gasteiger partial charge in [0.1, 0.15) is 15.9 Å². The molecular weight excluding hydrogens is 335 g/mol. The molecule has 4 nitrogen and oxygen atoms in total. The summed E-state index contributed by atoms with van der Waals surface area (Å²) in [4.78, 5) is -0.655. The number of benzene rings is 1. The highest BCUT2D eigenvalue weighted by Crippen LogP contribution is 2.38. The Balaban J connectivity index is 2.74. The molecule has 0 radical (unpaired) electrons. The fraction of sp³-hybridized carbons (Fsp3) is 0.500. The lowest BCUT2D eigenvalue weighted by Crippen LogP contribution is -2.36. The van der Waals surface area contributed by atoms with Crippen molar-refractivity contribution in [2.75, 3.05) is 6.61 Å². The Labute approximate surface area is 123 Å². The molecule has 0 aliphatic rings. The molecule has 0 amide bonds. The molecule has 1 aromatic carbocycles. The summed E-state index contributed by atoms with van der Waals surface area (Å²) < 4.78 is 99.3. The van der Waals surface area contributed by atoms with Gasteiger partial charge in [-0.15, -0.1) is 0 Å². The SMILES string of the molecule is Cc1cccc(OCCCC(F)(F)C(F)(F)F)c1S(=O)(=O)[O-]. The van der Waals surface area contributed by atoms with Crippen LogP contribution in [-0.2, 0) is 10.1 Å². The van der Waals surface area contributed by atoms with Crippen molar-refractivity contribution in [2.24, 2.45) is 0 Å². The molecule has 126 valence electrons. The van der Waals surface area contributed by atoms with Gasteiger partial charge in [0.25, 0.3) is 0 Å². The predicted octanol–water partition coefficient (Wildman–Crippen LogP) is 3.26. The quantitative estimate of drug-likeness (QED) is 0.450. The van der Waals surface area contributed by atoms with Crippen LogP contribution in [0.3, 0.4) is 0 Å². The average Bonchev–Trinajstić information content (AvgIpc) is 2.31. The lowest BCUT2D eigenvalue weighted by Gasteiger charge is -2.20. The van der Waals surface area contributed by atoms with Crippen molar-refractivity contribution < 1.29 is 39.7 Å². The van der Waals surface area contributed by atoms with Crippen LogP contribution >= 0.6 is 0 Å². The molecule has 0 spiro atoms. The lowest BCUT2D eigenvalue weighted by molar-refractivity contribution is -0.284. The molecule has 0 bridgehead atoms. The molecule has 0 saturated carbocycles. The van der Waals surface area contributed by atoms with Gasteiger partial charge < -0.3 is 9.29 Å². The Morgan fingerprint density at radius 1 is 1.18 bits per heavy atom. The maximum atomic E-state index is 12.7. The highest BCUT2D eigenvalue weighted by Gasteiger charge is 2.56. The third kappa shape index (κ3) is 4.54. The Morgan fingerprint density at radius 2 is 1.77 bits per heavy atom. The second kappa shape index (κ2) is 6.37. The first-order valence-corrected chi connectivity index (χ1v) is 7.40. The molecule has 1 aromatic rings. The van der Waals surface area contributed by atoms with Gasteiger partial charge in [-0.05, 0) is 25.0 Å². The van der Waals surface area contributed by atoms with Crippen molar-refractivity contribution in [3.8, 4) is 5.75 Å². The fourth-order valence-corrected chi connectivity index (χ4v) is 2.51. The van der Waals surface area contributed by atoms with Crippen LogP contribution in [0.25, 0.3) is 0 Å². The molecule has 0 aromatic heterocycles. The highest BCUT2D eigenvalue weighted by molar-refractivity contribution is 7.86. The minimum Gasteiger partial charge on any atom is -0.744 e. The number of rotatable bonds is 6. The van der Waals surface area contributed by atoms with E-state index >= 15 is 0 Å². The molecule has 0 heterocycles. The highest BCUT2D eigenvalue weighted by atomic mass is 32.2. The summed E-state index contributed by atoms with van der Waals surface area (Å²) in [7, 11) is -4.86. The number of ether oxygens (including phenoxy) is 1. The van der Waals surface area contributed by atoms with Crippen molar-refractivity contribution in [1.82, 2.24) is 0 Å². The van der Waals surface area contributed by atoms with E-state index in [2.05, 4.69) is 0 Å². The third-order valence-corrected chi connectivity index (χ3v) is 3.76. The monoisotopic (exact) mass is 347 g/mol. The van der Waals surface area contributed by atoms with E-state index in [1.807, 2.05) is 0 Å². The van der Waals surface area contributed by atoms with Gasteiger partial charge in [0.15, 0.2) is 0 Å². The topological polar surface area (TPSA) is 66.4 Å². The van der Waals surface area contributed by atoms with Crippen LogP contribution in [0, 0.1) is 6.92 Å². The number of hydrogen-bond acceptors (Lipinski definition) is 4. The lowest BCUT2D eigenvalue weighted by atomic mass is 10.2. The van der Waals surface area contributed by atoms with E-state index in [1.54, 1.807) is 0 Å². The second-order valence-electron chi connectivity index (χ2n) is 4.51. The van der Waals surface area contributed by atoms with E-state index in [4.69, 9.17) is 4.74 Å². The standard InChI is InChI=1S/C12H13F5O4S/c1-8-4-2-5-9(10(8)22(18,19)20)21-7-3-6-11(13,14)12(15,16)17/h2,4-5H,3,6-7H2,1H3,(H,18,19,20)/p-1. The summed E-state index contributed by atoms with van der Waals surface area (Å²) in [5, 5.41) is 0. The zero-order valence-electron chi connectivity index (χ0n) is 11.3. The van der Waals surface area contributed by atoms with Crippen molar-refractivity contribution >= 4 is 10.1 Å². The summed E-state index contributed by atoms with van der Waals surface area (Å²) in [6.45, 7) is 0.743. The molecule has 0 unspecified atom stereocenters. The maximum absolute atomic E-state index is 12.7. The van der Waals surface area contributed by atoms with Crippen LogP contribution in [0.4, 0.5) is 22.0 Å². The smallest absolute Gasteiger partial charge is 0.453 e. The molecule has 0 N–H and O–H groups in total. The molecule has 1 rings (SSSR count). The number of alkyl halides is 5. The summed E-state index contributed by atoms with van der Waals surface area (Å²) in [5.74, 6) is -5.22. The Kier molecular flexibility index (Phi) is 5.39. The van der Waals surface area contributed by atoms with Crippen molar-refractivity contribution in [3.05, 3.63) is 23.8 Å². The predicted molar refractivity (Wildman–Crippen MR) is 64.9 cm³/mol. The van der Waals surface area contributed by atoms with Crippen molar-refractivity contribution in [1.29, 1.82) is 0 Å². The third-order valence-electron chi connectivity index (χ3n) is 2.73. The van der Waals surface area contributed by atoms with Crippen LogP contribution in [-0.4, -0.2) is 31.7 Å². The number of aryl methyl sites for hydroxylation is 1. The first kappa shape index (κ1) is 18.6.